The van der Waals surface area contributed by atoms with Crippen molar-refractivity contribution >= 4 is 10.4 Å². The van der Waals surface area contributed by atoms with E-state index in [4.69, 9.17) is 28.2 Å². The smallest absolute Gasteiger partial charge is 0.394 e. The highest BCUT2D eigenvalue weighted by atomic mass is 32.3. The summed E-state index contributed by atoms with van der Waals surface area (Å²) in [5, 5.41) is 100. The van der Waals surface area contributed by atoms with Gasteiger partial charge in [0.1, 0.15) is 67.6 Å². The molecule has 3 aliphatic rings. The van der Waals surface area contributed by atoms with Crippen LogP contribution in [0, 0.1) is 0 Å². The Morgan fingerprint density at radius 2 is 1.21 bits per heavy atom. The van der Waals surface area contributed by atoms with Crippen molar-refractivity contribution in [2.45, 2.75) is 85.5 Å². The van der Waals surface area contributed by atoms with Crippen molar-refractivity contribution in [2.75, 3.05) is 26.4 Å². The first-order valence-corrected chi connectivity index (χ1v) is 12.6. The molecule has 3 fully saturated rings. The Hall–Kier alpha value is -0.730. The van der Waals surface area contributed by atoms with E-state index >= 15 is 0 Å². The van der Waals surface area contributed by atoms with E-state index in [0.29, 0.717) is 0 Å². The molecule has 224 valence electrons. The molecule has 11 N–H and O–H groups in total. The predicted octanol–water partition coefficient (Wildman–Crippen LogP) is -7.74. The van der Waals surface area contributed by atoms with Crippen molar-refractivity contribution in [2.24, 2.45) is 0 Å². The number of hydrogen-bond donors (Lipinski definition) is 11. The van der Waals surface area contributed by atoms with Gasteiger partial charge in [-0.3, -0.25) is 4.55 Å². The topological polar surface area (TPSA) is 312 Å². The molecule has 20 heteroatoms. The van der Waals surface area contributed by atoms with Crippen molar-refractivity contribution in [1.82, 2.24) is 0 Å². The summed E-state index contributed by atoms with van der Waals surface area (Å²) in [4.78, 5) is 0. The van der Waals surface area contributed by atoms with Gasteiger partial charge in [-0.2, -0.15) is 8.42 Å². The van der Waals surface area contributed by atoms with E-state index in [2.05, 4.69) is 4.18 Å². The molecule has 0 aromatic rings. The number of rotatable bonds is 10. The first kappa shape index (κ1) is 31.8. The monoisotopic (exact) mass is 584 g/mol. The molecule has 19 nitrogen and oxygen atoms in total. The zero-order chi connectivity index (χ0) is 28.6. The molecule has 0 saturated carbocycles. The fraction of sp³-hybridized carbons (Fsp3) is 1.00. The highest BCUT2D eigenvalue weighted by Gasteiger charge is 2.62. The first-order chi connectivity index (χ1) is 17.7. The van der Waals surface area contributed by atoms with Gasteiger partial charge in [-0.1, -0.05) is 0 Å². The van der Waals surface area contributed by atoms with E-state index in [1.54, 1.807) is 0 Å². The highest BCUT2D eigenvalue weighted by molar-refractivity contribution is 7.80. The summed E-state index contributed by atoms with van der Waals surface area (Å²) in [7, 11) is -5.33. The van der Waals surface area contributed by atoms with E-state index in [0.717, 1.165) is 0 Å². The van der Waals surface area contributed by atoms with Crippen LogP contribution in [-0.2, 0) is 38.3 Å². The van der Waals surface area contributed by atoms with Crippen LogP contribution in [0.15, 0.2) is 0 Å². The molecule has 3 aliphatic heterocycles. The second-order valence-electron chi connectivity index (χ2n) is 8.87. The fourth-order valence-corrected chi connectivity index (χ4v) is 4.84. The maximum atomic E-state index is 11.4. The quantitative estimate of drug-likeness (QED) is 0.106. The van der Waals surface area contributed by atoms with Gasteiger partial charge in [0.25, 0.3) is 0 Å². The zero-order valence-electron chi connectivity index (χ0n) is 19.4. The Balaban J connectivity index is 1.95. The van der Waals surface area contributed by atoms with Crippen LogP contribution in [0.1, 0.15) is 0 Å². The molecule has 3 heterocycles. The third-order valence-corrected chi connectivity index (χ3v) is 6.84. The van der Waals surface area contributed by atoms with E-state index in [1.807, 2.05) is 0 Å². The van der Waals surface area contributed by atoms with Crippen LogP contribution in [0.3, 0.4) is 0 Å². The van der Waals surface area contributed by atoms with Gasteiger partial charge in [-0.15, -0.1) is 0 Å². The standard InChI is InChI=1S/C18H32O19S/c19-1-5-8(23)11(26)13(28)16(32-5)34-15-10(25)7(3-21)35-18(15,4-22)36-17-14(37-38(29,30)31)12(27)9(24)6(2-20)33-17/h5-17,19-28H,1-4H2,(H,29,30,31)/t5-,6-,7-,8-,9-,10-,11+,12+,13-,14-,15+,16-,17-,18+/m1/s1. The Kier molecular flexibility index (Phi) is 10.4. The summed E-state index contributed by atoms with van der Waals surface area (Å²) in [6.45, 7) is -3.99. The zero-order valence-corrected chi connectivity index (χ0v) is 20.2. The normalized spacial score (nSPS) is 48.3. The Bertz CT molecular complexity index is 874. The van der Waals surface area contributed by atoms with Gasteiger partial charge in [0.15, 0.2) is 18.7 Å². The van der Waals surface area contributed by atoms with Crippen molar-refractivity contribution < 1.29 is 91.9 Å². The van der Waals surface area contributed by atoms with Gasteiger partial charge in [0.05, 0.1) is 19.8 Å². The third kappa shape index (κ3) is 6.27. The Morgan fingerprint density at radius 1 is 0.684 bits per heavy atom. The summed E-state index contributed by atoms with van der Waals surface area (Å²) in [5.74, 6) is -2.65. The van der Waals surface area contributed by atoms with Crippen LogP contribution in [0.2, 0.25) is 0 Å². The molecular formula is C18H32O19S. The summed E-state index contributed by atoms with van der Waals surface area (Å²) >= 11 is 0. The maximum absolute atomic E-state index is 11.4. The van der Waals surface area contributed by atoms with Crippen LogP contribution in [0.25, 0.3) is 0 Å². The van der Waals surface area contributed by atoms with Crippen LogP contribution in [0.4, 0.5) is 0 Å². The molecule has 0 aromatic carbocycles. The van der Waals surface area contributed by atoms with Gasteiger partial charge in [-0.25, -0.2) is 4.18 Å². The largest absolute Gasteiger partial charge is 0.397 e. The second kappa shape index (κ2) is 12.4. The van der Waals surface area contributed by atoms with Gasteiger partial charge in [0.2, 0.25) is 5.79 Å². The highest BCUT2D eigenvalue weighted by Crippen LogP contribution is 2.40. The van der Waals surface area contributed by atoms with Crippen molar-refractivity contribution in [3.8, 4) is 0 Å². The van der Waals surface area contributed by atoms with E-state index in [9.17, 15) is 59.5 Å². The first-order valence-electron chi connectivity index (χ1n) is 11.2. The lowest BCUT2D eigenvalue weighted by molar-refractivity contribution is -0.398. The van der Waals surface area contributed by atoms with E-state index in [1.165, 1.54) is 0 Å². The SMILES string of the molecule is O=S(=O)(O)O[C@H]1[C@@H](O[C@]2(CO)O[C@H](CO)[C@@H](O)[C@@H]2O[C@H]2O[C@H](CO)[C@@H](O)[C@H](O)[C@H]2O)O[C@H](CO)[C@@H](O)[C@@H]1O. The average Bonchev–Trinajstić information content (AvgIpc) is 3.13. The summed E-state index contributed by atoms with van der Waals surface area (Å²) < 4.78 is 63.1. The van der Waals surface area contributed by atoms with Gasteiger partial charge < -0.3 is 74.7 Å². The van der Waals surface area contributed by atoms with Gasteiger partial charge >= 0.3 is 10.4 Å². The lowest BCUT2D eigenvalue weighted by atomic mass is 9.98. The fourth-order valence-electron chi connectivity index (χ4n) is 4.35. The molecular weight excluding hydrogens is 552 g/mol. The summed E-state index contributed by atoms with van der Waals surface area (Å²) in [5.41, 5.74) is 0. The lowest BCUT2D eigenvalue weighted by Crippen LogP contribution is -2.65. The molecule has 0 spiro atoms. The molecule has 0 aliphatic carbocycles. The Morgan fingerprint density at radius 3 is 1.71 bits per heavy atom. The maximum Gasteiger partial charge on any atom is 0.397 e. The Labute approximate surface area is 214 Å². The summed E-state index contributed by atoms with van der Waals surface area (Å²) in [6.07, 6.45) is -24.7. The second-order valence-corrected chi connectivity index (χ2v) is 9.91. The van der Waals surface area contributed by atoms with Crippen molar-refractivity contribution in [1.29, 1.82) is 0 Å². The number of aliphatic hydroxyl groups is 10. The summed E-state index contributed by atoms with van der Waals surface area (Å²) in [6, 6.07) is 0. The van der Waals surface area contributed by atoms with Crippen LogP contribution in [0.5, 0.6) is 0 Å². The number of ether oxygens (including phenoxy) is 5. The molecule has 0 bridgehead atoms. The minimum absolute atomic E-state index is 0.844. The lowest BCUT2D eigenvalue weighted by Gasteiger charge is -2.46. The molecule has 3 rings (SSSR count). The molecule has 3 saturated heterocycles. The minimum Gasteiger partial charge on any atom is -0.394 e. The molecule has 0 amide bonds. The molecule has 38 heavy (non-hydrogen) atoms. The average molecular weight is 585 g/mol. The molecule has 0 radical (unpaired) electrons. The van der Waals surface area contributed by atoms with Gasteiger partial charge in [0, 0.05) is 0 Å². The predicted molar refractivity (Wildman–Crippen MR) is 112 cm³/mol. The van der Waals surface area contributed by atoms with Crippen molar-refractivity contribution in [3.63, 3.8) is 0 Å². The minimum atomic E-state index is -5.33. The van der Waals surface area contributed by atoms with Crippen LogP contribution in [-0.4, -0.2) is 176 Å². The molecule has 14 atom stereocenters. The molecule has 0 unspecified atom stereocenters. The van der Waals surface area contributed by atoms with Crippen molar-refractivity contribution in [3.05, 3.63) is 0 Å². The van der Waals surface area contributed by atoms with Gasteiger partial charge in [-0.05, 0) is 0 Å². The number of hydrogen-bond acceptors (Lipinski definition) is 18. The number of aliphatic hydroxyl groups excluding tert-OH is 10. The van der Waals surface area contributed by atoms with E-state index < -0.39 is 122 Å². The van der Waals surface area contributed by atoms with E-state index in [-0.39, 0.29) is 0 Å². The van der Waals surface area contributed by atoms with Crippen LogP contribution >= 0.6 is 0 Å². The molecule has 0 aromatic heterocycles. The van der Waals surface area contributed by atoms with Crippen LogP contribution < -0.4 is 0 Å². The third-order valence-electron chi connectivity index (χ3n) is 6.38.